The van der Waals surface area contributed by atoms with Gasteiger partial charge in [0.15, 0.2) is 11.0 Å². The molecule has 0 aliphatic heterocycles. The van der Waals surface area contributed by atoms with Gasteiger partial charge in [-0.2, -0.15) is 0 Å². The highest BCUT2D eigenvalue weighted by Crippen LogP contribution is 2.26. The molecular formula is C16H22N4OS. The molecule has 1 aromatic carbocycles. The van der Waals surface area contributed by atoms with Gasteiger partial charge in [0.05, 0.1) is 5.25 Å². The number of hydrogen-bond donors (Lipinski definition) is 1. The van der Waals surface area contributed by atoms with Crippen LogP contribution in [0.2, 0.25) is 0 Å². The second-order valence-corrected chi connectivity index (χ2v) is 6.28. The highest BCUT2D eigenvalue weighted by Gasteiger charge is 2.19. The summed E-state index contributed by atoms with van der Waals surface area (Å²) in [5, 5.41) is 12.1. The number of thioether (sulfide) groups is 1. The van der Waals surface area contributed by atoms with E-state index in [4.69, 9.17) is 0 Å². The number of carbonyl (C=O) groups is 1. The molecule has 0 aliphatic carbocycles. The van der Waals surface area contributed by atoms with Crippen molar-refractivity contribution in [2.45, 2.75) is 44.1 Å². The Kier molecular flexibility index (Phi) is 6.00. The molecule has 2 rings (SSSR count). The van der Waals surface area contributed by atoms with Crippen molar-refractivity contribution in [3.05, 3.63) is 30.3 Å². The predicted molar refractivity (Wildman–Crippen MR) is 89.8 cm³/mol. The molecule has 0 spiro atoms. The molecule has 6 heteroatoms. The average Bonchev–Trinajstić information content (AvgIpc) is 2.95. The van der Waals surface area contributed by atoms with Gasteiger partial charge in [-0.3, -0.25) is 4.79 Å². The molecule has 1 aromatic heterocycles. The minimum Gasteiger partial charge on any atom is -0.355 e. The lowest BCUT2D eigenvalue weighted by atomic mass is 10.2. The monoisotopic (exact) mass is 318 g/mol. The lowest BCUT2D eigenvalue weighted by Crippen LogP contribution is -2.31. The minimum atomic E-state index is -0.190. The third kappa shape index (κ3) is 3.88. The van der Waals surface area contributed by atoms with Crippen molar-refractivity contribution in [2.75, 3.05) is 6.54 Å². The van der Waals surface area contributed by atoms with Gasteiger partial charge in [-0.1, -0.05) is 49.0 Å². The van der Waals surface area contributed by atoms with Gasteiger partial charge in [-0.05, 0) is 20.3 Å². The fourth-order valence-corrected chi connectivity index (χ4v) is 3.00. The van der Waals surface area contributed by atoms with Gasteiger partial charge in [0.2, 0.25) is 5.91 Å². The van der Waals surface area contributed by atoms with Gasteiger partial charge in [-0.25, -0.2) is 0 Å². The van der Waals surface area contributed by atoms with Gasteiger partial charge in [0, 0.05) is 18.7 Å². The summed E-state index contributed by atoms with van der Waals surface area (Å²) >= 11 is 1.45. The van der Waals surface area contributed by atoms with Crippen molar-refractivity contribution in [1.29, 1.82) is 0 Å². The molecule has 0 radical (unpaired) electrons. The Morgan fingerprint density at radius 3 is 2.64 bits per heavy atom. The van der Waals surface area contributed by atoms with Crippen LogP contribution in [-0.4, -0.2) is 32.5 Å². The van der Waals surface area contributed by atoms with Gasteiger partial charge < -0.3 is 9.88 Å². The summed E-state index contributed by atoms with van der Waals surface area (Å²) in [6, 6.07) is 9.98. The fraction of sp³-hybridized carbons (Fsp3) is 0.438. The number of aromatic nitrogens is 3. The Hall–Kier alpha value is -1.82. The molecule has 1 amide bonds. The number of hydrogen-bond acceptors (Lipinski definition) is 4. The molecule has 2 aromatic rings. The topological polar surface area (TPSA) is 59.8 Å². The average molecular weight is 318 g/mol. The van der Waals surface area contributed by atoms with Crippen LogP contribution in [0.25, 0.3) is 11.4 Å². The Morgan fingerprint density at radius 1 is 1.27 bits per heavy atom. The largest absolute Gasteiger partial charge is 0.355 e. The maximum atomic E-state index is 12.0. The molecule has 1 atom stereocenters. The van der Waals surface area contributed by atoms with Crippen molar-refractivity contribution in [2.24, 2.45) is 0 Å². The van der Waals surface area contributed by atoms with Crippen LogP contribution in [0.5, 0.6) is 0 Å². The number of benzene rings is 1. The van der Waals surface area contributed by atoms with Gasteiger partial charge >= 0.3 is 0 Å². The molecule has 118 valence electrons. The van der Waals surface area contributed by atoms with Crippen LogP contribution in [0, 0.1) is 0 Å². The van der Waals surface area contributed by atoms with E-state index in [1.54, 1.807) is 0 Å². The third-order valence-corrected chi connectivity index (χ3v) is 4.35. The van der Waals surface area contributed by atoms with E-state index in [0.29, 0.717) is 6.54 Å². The predicted octanol–water partition coefficient (Wildman–Crippen LogP) is 2.97. The minimum absolute atomic E-state index is 0.0405. The summed E-state index contributed by atoms with van der Waals surface area (Å²) in [6.07, 6.45) is 0.937. The number of carbonyl (C=O) groups excluding carboxylic acids is 1. The zero-order valence-electron chi connectivity index (χ0n) is 13.2. The molecule has 0 bridgehead atoms. The zero-order valence-corrected chi connectivity index (χ0v) is 14.1. The van der Waals surface area contributed by atoms with Crippen LogP contribution in [0.3, 0.4) is 0 Å². The Labute approximate surface area is 135 Å². The molecule has 0 saturated heterocycles. The van der Waals surface area contributed by atoms with Crippen molar-refractivity contribution >= 4 is 17.7 Å². The van der Waals surface area contributed by atoms with E-state index in [2.05, 4.69) is 22.4 Å². The van der Waals surface area contributed by atoms with Crippen molar-refractivity contribution in [1.82, 2.24) is 20.1 Å². The summed E-state index contributed by atoms with van der Waals surface area (Å²) in [7, 11) is 0. The molecule has 5 nitrogen and oxygen atoms in total. The van der Waals surface area contributed by atoms with Crippen LogP contribution in [0.1, 0.15) is 27.2 Å². The third-order valence-electron chi connectivity index (χ3n) is 3.27. The molecule has 0 aliphatic rings. The zero-order chi connectivity index (χ0) is 15.9. The van der Waals surface area contributed by atoms with E-state index >= 15 is 0 Å². The molecule has 0 saturated carbocycles. The number of nitrogens with zero attached hydrogens (tertiary/aromatic N) is 3. The first-order valence-corrected chi connectivity index (χ1v) is 8.48. The lowest BCUT2D eigenvalue weighted by Gasteiger charge is -2.12. The Bertz CT molecular complexity index is 612. The SMILES string of the molecule is CCCNC(=O)[C@@H](C)Sc1nnc(-c2ccccc2)n1CC. The van der Waals surface area contributed by atoms with Gasteiger partial charge in [0.1, 0.15) is 0 Å². The van der Waals surface area contributed by atoms with Crippen LogP contribution in [-0.2, 0) is 11.3 Å². The summed E-state index contributed by atoms with van der Waals surface area (Å²) in [5.41, 5.74) is 1.03. The van der Waals surface area contributed by atoms with Crippen molar-refractivity contribution in [3.8, 4) is 11.4 Å². The molecule has 1 N–H and O–H groups in total. The van der Waals surface area contributed by atoms with E-state index in [1.807, 2.05) is 48.7 Å². The first-order chi connectivity index (χ1) is 10.7. The second-order valence-electron chi connectivity index (χ2n) is 4.97. The van der Waals surface area contributed by atoms with Crippen LogP contribution in [0.4, 0.5) is 0 Å². The number of amides is 1. The second kappa shape index (κ2) is 7.98. The molecule has 0 unspecified atom stereocenters. The quantitative estimate of drug-likeness (QED) is 0.797. The summed E-state index contributed by atoms with van der Waals surface area (Å²) in [4.78, 5) is 12.0. The summed E-state index contributed by atoms with van der Waals surface area (Å²) in [6.45, 7) is 7.47. The van der Waals surface area contributed by atoms with Crippen LogP contribution in [0.15, 0.2) is 35.5 Å². The van der Waals surface area contributed by atoms with Crippen molar-refractivity contribution in [3.63, 3.8) is 0 Å². The fourth-order valence-electron chi connectivity index (χ4n) is 2.07. The number of nitrogens with one attached hydrogen (secondary N) is 1. The molecule has 1 heterocycles. The lowest BCUT2D eigenvalue weighted by molar-refractivity contribution is -0.120. The van der Waals surface area contributed by atoms with Crippen LogP contribution < -0.4 is 5.32 Å². The Morgan fingerprint density at radius 2 is 2.00 bits per heavy atom. The highest BCUT2D eigenvalue weighted by atomic mass is 32.2. The maximum Gasteiger partial charge on any atom is 0.233 e. The van der Waals surface area contributed by atoms with Crippen LogP contribution >= 0.6 is 11.8 Å². The highest BCUT2D eigenvalue weighted by molar-refractivity contribution is 8.00. The van der Waals surface area contributed by atoms with E-state index < -0.39 is 0 Å². The standard InChI is InChI=1S/C16H22N4OS/c1-4-11-17-15(21)12(3)22-16-19-18-14(20(16)5-2)13-9-7-6-8-10-13/h6-10,12H,4-5,11H2,1-3H3,(H,17,21)/t12-/m1/s1. The Balaban J connectivity index is 2.16. The first-order valence-electron chi connectivity index (χ1n) is 7.60. The first kappa shape index (κ1) is 16.5. The van der Waals surface area contributed by atoms with E-state index in [-0.39, 0.29) is 11.2 Å². The number of rotatable bonds is 7. The summed E-state index contributed by atoms with van der Waals surface area (Å²) in [5.74, 6) is 0.880. The molecule has 22 heavy (non-hydrogen) atoms. The van der Waals surface area contributed by atoms with E-state index in [0.717, 1.165) is 29.5 Å². The molecular weight excluding hydrogens is 296 g/mol. The van der Waals surface area contributed by atoms with Crippen molar-refractivity contribution < 1.29 is 4.79 Å². The normalized spacial score (nSPS) is 12.1. The summed E-state index contributed by atoms with van der Waals surface area (Å²) < 4.78 is 2.05. The van der Waals surface area contributed by atoms with E-state index in [1.165, 1.54) is 11.8 Å². The maximum absolute atomic E-state index is 12.0. The van der Waals surface area contributed by atoms with Gasteiger partial charge in [-0.15, -0.1) is 10.2 Å². The van der Waals surface area contributed by atoms with E-state index in [9.17, 15) is 4.79 Å². The van der Waals surface area contributed by atoms with Gasteiger partial charge in [0.25, 0.3) is 0 Å². The molecule has 0 fully saturated rings. The smallest absolute Gasteiger partial charge is 0.233 e.